The Labute approximate surface area is 121 Å². The Morgan fingerprint density at radius 1 is 1.42 bits per heavy atom. The summed E-state index contributed by atoms with van der Waals surface area (Å²) in [5, 5.41) is 3.12. The molecule has 0 atom stereocenters. The number of anilines is 1. The number of esters is 1. The van der Waals surface area contributed by atoms with Crippen molar-refractivity contribution in [1.29, 1.82) is 0 Å². The number of hydrogen-bond donors (Lipinski definition) is 1. The van der Waals surface area contributed by atoms with Gasteiger partial charge in [-0.2, -0.15) is 0 Å². The monoisotopic (exact) mass is 302 g/mol. The van der Waals surface area contributed by atoms with Crippen molar-refractivity contribution >= 4 is 40.1 Å². The molecule has 0 radical (unpaired) electrons. The summed E-state index contributed by atoms with van der Waals surface area (Å²) in [5.41, 5.74) is 0.565. The van der Waals surface area contributed by atoms with E-state index in [0.29, 0.717) is 21.5 Å². The van der Waals surface area contributed by atoms with Crippen LogP contribution in [0.2, 0.25) is 0 Å². The van der Waals surface area contributed by atoms with Crippen LogP contribution in [-0.2, 0) is 9.53 Å². The minimum atomic E-state index is -0.431. The van der Waals surface area contributed by atoms with Crippen LogP contribution >= 0.6 is 23.1 Å². The van der Waals surface area contributed by atoms with Gasteiger partial charge in [-0.15, -0.1) is 11.8 Å². The number of hydrogen-bond acceptors (Lipinski definition) is 6. The molecule has 0 fully saturated rings. The lowest BCUT2D eigenvalue weighted by Gasteiger charge is -2.16. The minimum Gasteiger partial charge on any atom is -0.465 e. The summed E-state index contributed by atoms with van der Waals surface area (Å²) >= 11 is 2.68. The number of amides is 1. The Bertz CT molecular complexity index is 478. The van der Waals surface area contributed by atoms with Crippen molar-refractivity contribution in [3.05, 3.63) is 10.6 Å². The van der Waals surface area contributed by atoms with E-state index in [1.807, 2.05) is 20.8 Å². The lowest BCUT2D eigenvalue weighted by molar-refractivity contribution is -0.113. The fourth-order valence-electron chi connectivity index (χ4n) is 1.17. The van der Waals surface area contributed by atoms with Gasteiger partial charge in [-0.25, -0.2) is 9.78 Å². The van der Waals surface area contributed by atoms with Gasteiger partial charge in [0.15, 0.2) is 5.13 Å². The molecule has 0 aliphatic rings. The summed E-state index contributed by atoms with van der Waals surface area (Å²) < 4.78 is 4.68. The van der Waals surface area contributed by atoms with E-state index in [1.165, 1.54) is 7.11 Å². The van der Waals surface area contributed by atoms with Gasteiger partial charge in [0.05, 0.1) is 18.6 Å². The van der Waals surface area contributed by atoms with Crippen molar-refractivity contribution in [3.63, 3.8) is 0 Å². The van der Waals surface area contributed by atoms with Crippen molar-refractivity contribution in [2.75, 3.05) is 18.2 Å². The van der Waals surface area contributed by atoms with Crippen molar-refractivity contribution in [1.82, 2.24) is 4.98 Å². The summed E-state index contributed by atoms with van der Waals surface area (Å²) in [7, 11) is 1.32. The number of nitrogens with one attached hydrogen (secondary N) is 1. The highest BCUT2D eigenvalue weighted by Gasteiger charge is 2.18. The molecule has 1 aromatic heterocycles. The van der Waals surface area contributed by atoms with Crippen LogP contribution in [0.5, 0.6) is 0 Å². The number of nitrogens with zero attached hydrogens (tertiary/aromatic N) is 1. The molecule has 0 aliphatic carbocycles. The SMILES string of the molecule is COC(=O)c1sc(NC(=O)CSC(C)(C)C)nc1C. The van der Waals surface area contributed by atoms with E-state index in [-0.39, 0.29) is 10.7 Å². The average Bonchev–Trinajstić information content (AvgIpc) is 2.65. The summed E-state index contributed by atoms with van der Waals surface area (Å²) in [6, 6.07) is 0. The summed E-state index contributed by atoms with van der Waals surface area (Å²) in [5.74, 6) is -0.194. The first kappa shape index (κ1) is 16.0. The predicted octanol–water partition coefficient (Wildman–Crippen LogP) is 2.71. The fraction of sp³-hybridized carbons (Fsp3) is 0.583. The zero-order chi connectivity index (χ0) is 14.6. The molecule has 5 nitrogen and oxygen atoms in total. The van der Waals surface area contributed by atoms with Crippen LogP contribution < -0.4 is 5.32 Å². The molecule has 1 N–H and O–H groups in total. The quantitative estimate of drug-likeness (QED) is 0.866. The number of carbonyl (C=O) groups excluding carboxylic acids is 2. The average molecular weight is 302 g/mol. The molecule has 1 rings (SSSR count). The third kappa shape index (κ3) is 5.20. The van der Waals surface area contributed by atoms with Crippen molar-refractivity contribution in [2.45, 2.75) is 32.4 Å². The summed E-state index contributed by atoms with van der Waals surface area (Å²) in [6.45, 7) is 7.86. The third-order valence-electron chi connectivity index (χ3n) is 2.05. The standard InChI is InChI=1S/C12H18N2O3S2/c1-7-9(10(16)17-5)19-11(13-7)14-8(15)6-18-12(2,3)4/h6H2,1-5H3,(H,13,14,15). The van der Waals surface area contributed by atoms with E-state index in [0.717, 1.165) is 11.3 Å². The van der Waals surface area contributed by atoms with Crippen LogP contribution in [0, 0.1) is 6.92 Å². The van der Waals surface area contributed by atoms with Gasteiger partial charge in [-0.05, 0) is 6.92 Å². The van der Waals surface area contributed by atoms with Crippen LogP contribution in [0.1, 0.15) is 36.1 Å². The Hall–Kier alpha value is -1.08. The van der Waals surface area contributed by atoms with Gasteiger partial charge in [0.25, 0.3) is 0 Å². The minimum absolute atomic E-state index is 0.0350. The first-order chi connectivity index (χ1) is 8.73. The first-order valence-corrected chi connectivity index (χ1v) is 7.52. The molecule has 19 heavy (non-hydrogen) atoms. The smallest absolute Gasteiger partial charge is 0.350 e. The van der Waals surface area contributed by atoms with Crippen LogP contribution in [-0.4, -0.2) is 34.5 Å². The molecular weight excluding hydrogens is 284 g/mol. The van der Waals surface area contributed by atoms with Crippen LogP contribution in [0.25, 0.3) is 0 Å². The molecule has 0 aliphatic heterocycles. The lowest BCUT2D eigenvalue weighted by atomic mass is 10.3. The highest BCUT2D eigenvalue weighted by atomic mass is 32.2. The maximum absolute atomic E-state index is 11.7. The Morgan fingerprint density at radius 3 is 2.58 bits per heavy atom. The fourth-order valence-corrected chi connectivity index (χ4v) is 2.71. The van der Waals surface area contributed by atoms with E-state index in [2.05, 4.69) is 15.0 Å². The van der Waals surface area contributed by atoms with Crippen molar-refractivity contribution < 1.29 is 14.3 Å². The predicted molar refractivity (Wildman–Crippen MR) is 79.0 cm³/mol. The maximum Gasteiger partial charge on any atom is 0.350 e. The zero-order valence-electron chi connectivity index (χ0n) is 11.7. The number of carbonyl (C=O) groups is 2. The third-order valence-corrected chi connectivity index (χ3v) is 4.38. The highest BCUT2D eigenvalue weighted by molar-refractivity contribution is 8.01. The normalized spacial score (nSPS) is 11.2. The molecule has 106 valence electrons. The number of rotatable bonds is 4. The number of aromatic nitrogens is 1. The van der Waals surface area contributed by atoms with Gasteiger partial charge >= 0.3 is 5.97 Å². The van der Waals surface area contributed by atoms with E-state index in [4.69, 9.17) is 0 Å². The number of aryl methyl sites for hydroxylation is 1. The molecule has 0 saturated heterocycles. The van der Waals surface area contributed by atoms with Crippen molar-refractivity contribution in [3.8, 4) is 0 Å². The molecule has 1 aromatic rings. The van der Waals surface area contributed by atoms with Crippen LogP contribution in [0.15, 0.2) is 0 Å². The topological polar surface area (TPSA) is 68.3 Å². The first-order valence-electron chi connectivity index (χ1n) is 5.72. The summed E-state index contributed by atoms with van der Waals surface area (Å²) in [6.07, 6.45) is 0. The molecule has 0 aromatic carbocycles. The number of ether oxygens (including phenoxy) is 1. The van der Waals surface area contributed by atoms with Crippen LogP contribution in [0.3, 0.4) is 0 Å². The largest absolute Gasteiger partial charge is 0.465 e. The summed E-state index contributed by atoms with van der Waals surface area (Å²) in [4.78, 5) is 27.7. The Kier molecular flexibility index (Phi) is 5.37. The molecule has 0 bridgehead atoms. The number of methoxy groups -OCH3 is 1. The molecule has 1 heterocycles. The van der Waals surface area contributed by atoms with E-state index in [1.54, 1.807) is 18.7 Å². The molecule has 7 heteroatoms. The van der Waals surface area contributed by atoms with Gasteiger partial charge in [0.1, 0.15) is 4.88 Å². The molecule has 0 spiro atoms. The lowest BCUT2D eigenvalue weighted by Crippen LogP contribution is -2.18. The highest BCUT2D eigenvalue weighted by Crippen LogP contribution is 2.25. The van der Waals surface area contributed by atoms with E-state index in [9.17, 15) is 9.59 Å². The molecule has 1 amide bonds. The van der Waals surface area contributed by atoms with Gasteiger partial charge in [-0.1, -0.05) is 32.1 Å². The Morgan fingerprint density at radius 2 is 2.05 bits per heavy atom. The van der Waals surface area contributed by atoms with Crippen molar-refractivity contribution in [2.24, 2.45) is 0 Å². The molecule has 0 unspecified atom stereocenters. The number of thioether (sulfide) groups is 1. The van der Waals surface area contributed by atoms with Gasteiger partial charge in [0.2, 0.25) is 5.91 Å². The van der Waals surface area contributed by atoms with Gasteiger partial charge in [-0.3, -0.25) is 4.79 Å². The van der Waals surface area contributed by atoms with E-state index >= 15 is 0 Å². The van der Waals surface area contributed by atoms with E-state index < -0.39 is 5.97 Å². The Balaban J connectivity index is 2.63. The maximum atomic E-state index is 11.7. The molecule has 0 saturated carbocycles. The second kappa shape index (κ2) is 6.38. The second-order valence-electron chi connectivity index (χ2n) is 4.87. The van der Waals surface area contributed by atoms with Gasteiger partial charge in [0, 0.05) is 4.75 Å². The zero-order valence-corrected chi connectivity index (χ0v) is 13.3. The van der Waals surface area contributed by atoms with Gasteiger partial charge < -0.3 is 10.1 Å². The second-order valence-corrected chi connectivity index (χ2v) is 7.68. The number of thiazole rings is 1. The van der Waals surface area contributed by atoms with Crippen LogP contribution in [0.4, 0.5) is 5.13 Å². The molecular formula is C12H18N2O3S2.